The third-order valence-corrected chi connectivity index (χ3v) is 1.64. The summed E-state index contributed by atoms with van der Waals surface area (Å²) in [4.78, 5) is 2.07. The molecule has 1 aliphatic rings. The minimum Gasteiger partial charge on any atom is -0.398 e. The molecule has 0 radical (unpaired) electrons. The van der Waals surface area contributed by atoms with Crippen LogP contribution in [0.15, 0.2) is 23.0 Å². The van der Waals surface area contributed by atoms with Crippen LogP contribution in [0.2, 0.25) is 0 Å². The van der Waals surface area contributed by atoms with E-state index in [-0.39, 0.29) is 0 Å². The molecule has 0 amide bonds. The van der Waals surface area contributed by atoms with Gasteiger partial charge in [-0.25, -0.2) is 0 Å². The van der Waals surface area contributed by atoms with Crippen molar-refractivity contribution in [2.45, 2.75) is 6.92 Å². The molecule has 1 aliphatic heterocycles. The van der Waals surface area contributed by atoms with Gasteiger partial charge >= 0.3 is 0 Å². The first-order valence-corrected chi connectivity index (χ1v) is 3.67. The normalized spacial score (nSPS) is 18.4. The van der Waals surface area contributed by atoms with Gasteiger partial charge in [0, 0.05) is 23.5 Å². The van der Waals surface area contributed by atoms with Crippen LogP contribution < -0.4 is 5.73 Å². The van der Waals surface area contributed by atoms with Gasteiger partial charge in [-0.2, -0.15) is 0 Å². The van der Waals surface area contributed by atoms with Crippen molar-refractivity contribution in [3.63, 3.8) is 0 Å². The van der Waals surface area contributed by atoms with Crippen LogP contribution in [0.25, 0.3) is 0 Å². The molecular weight excluding hydrogens is 148 g/mol. The monoisotopic (exact) mass is 158 g/mol. The average molecular weight is 159 g/mol. The van der Waals surface area contributed by atoms with Crippen molar-refractivity contribution < 1.29 is 0 Å². The van der Waals surface area contributed by atoms with Crippen molar-refractivity contribution in [1.82, 2.24) is 4.90 Å². The van der Waals surface area contributed by atoms with Crippen LogP contribution in [0.4, 0.5) is 0 Å². The molecule has 1 rings (SSSR count). The molecule has 0 saturated carbocycles. The van der Waals surface area contributed by atoms with Crippen LogP contribution in [0.3, 0.4) is 0 Å². The van der Waals surface area contributed by atoms with E-state index in [0.29, 0.717) is 0 Å². The van der Waals surface area contributed by atoms with Crippen molar-refractivity contribution in [3.05, 3.63) is 23.0 Å². The molecule has 0 unspecified atom stereocenters. The maximum atomic E-state index is 5.78. The Hall–Kier alpha value is -0.630. The van der Waals surface area contributed by atoms with Crippen LogP contribution in [0, 0.1) is 0 Å². The van der Waals surface area contributed by atoms with Crippen molar-refractivity contribution in [3.8, 4) is 0 Å². The van der Waals surface area contributed by atoms with Crippen molar-refractivity contribution >= 4 is 11.6 Å². The highest BCUT2D eigenvalue weighted by Gasteiger charge is 2.05. The van der Waals surface area contributed by atoms with E-state index in [1.165, 1.54) is 0 Å². The van der Waals surface area contributed by atoms with Crippen molar-refractivity contribution in [2.75, 3.05) is 13.1 Å². The summed E-state index contributed by atoms with van der Waals surface area (Å²) in [5.74, 6) is 0. The molecule has 0 atom stereocenters. The van der Waals surface area contributed by atoms with Crippen LogP contribution in [0.1, 0.15) is 6.92 Å². The molecule has 0 aromatic rings. The van der Waals surface area contributed by atoms with E-state index in [2.05, 4.69) is 11.8 Å². The van der Waals surface area contributed by atoms with E-state index in [9.17, 15) is 0 Å². The lowest BCUT2D eigenvalue weighted by Crippen LogP contribution is -2.23. The number of rotatable bonds is 1. The Morgan fingerprint density at radius 2 is 2.50 bits per heavy atom. The molecule has 56 valence electrons. The van der Waals surface area contributed by atoms with Gasteiger partial charge in [0.2, 0.25) is 0 Å². The second-order valence-electron chi connectivity index (χ2n) is 2.28. The van der Waals surface area contributed by atoms with Crippen LogP contribution >= 0.6 is 11.6 Å². The first kappa shape index (κ1) is 7.48. The van der Waals surface area contributed by atoms with Crippen LogP contribution in [-0.4, -0.2) is 18.0 Å². The second-order valence-corrected chi connectivity index (χ2v) is 2.77. The standard InChI is InChI=1S/C7H11ClN2/c1-2-10-4-6(8)3-7(9)5-10/h3,5H,2,4,9H2,1H3. The molecule has 0 spiro atoms. The van der Waals surface area contributed by atoms with Crippen molar-refractivity contribution in [2.24, 2.45) is 5.73 Å². The Labute approximate surface area is 65.9 Å². The van der Waals surface area contributed by atoms with Gasteiger partial charge in [-0.15, -0.1) is 0 Å². The fraction of sp³-hybridized carbons (Fsp3) is 0.429. The third kappa shape index (κ3) is 1.67. The number of nitrogens with zero attached hydrogens (tertiary/aromatic N) is 1. The number of halogens is 1. The summed E-state index contributed by atoms with van der Waals surface area (Å²) in [6, 6.07) is 0. The van der Waals surface area contributed by atoms with E-state index in [0.717, 1.165) is 23.8 Å². The molecule has 0 saturated heterocycles. The summed E-state index contributed by atoms with van der Waals surface area (Å²) in [5, 5.41) is 0.807. The van der Waals surface area contributed by atoms with Gasteiger partial charge in [-0.3, -0.25) is 0 Å². The molecular formula is C7H11ClN2. The molecule has 1 heterocycles. The maximum absolute atomic E-state index is 5.78. The zero-order valence-corrected chi connectivity index (χ0v) is 6.73. The number of allylic oxidation sites excluding steroid dienone is 1. The largest absolute Gasteiger partial charge is 0.398 e. The Morgan fingerprint density at radius 3 is 3.00 bits per heavy atom. The number of nitrogens with two attached hydrogens (primary N) is 1. The minimum absolute atomic E-state index is 0.734. The van der Waals surface area contributed by atoms with Crippen molar-refractivity contribution in [1.29, 1.82) is 0 Å². The third-order valence-electron chi connectivity index (χ3n) is 1.42. The van der Waals surface area contributed by atoms with Crippen LogP contribution in [0.5, 0.6) is 0 Å². The first-order chi connectivity index (χ1) is 4.72. The van der Waals surface area contributed by atoms with Gasteiger partial charge in [0.25, 0.3) is 0 Å². The first-order valence-electron chi connectivity index (χ1n) is 3.29. The summed E-state index contributed by atoms with van der Waals surface area (Å²) in [5.41, 5.74) is 6.28. The topological polar surface area (TPSA) is 29.3 Å². The van der Waals surface area contributed by atoms with Gasteiger partial charge in [0.15, 0.2) is 0 Å². The van der Waals surface area contributed by atoms with E-state index >= 15 is 0 Å². The Kier molecular flexibility index (Phi) is 2.22. The Bertz CT molecular complexity index is 184. The maximum Gasteiger partial charge on any atom is 0.0532 e. The second kappa shape index (κ2) is 2.97. The molecule has 10 heavy (non-hydrogen) atoms. The summed E-state index contributed by atoms with van der Waals surface area (Å²) in [6.07, 6.45) is 3.69. The van der Waals surface area contributed by atoms with Crippen LogP contribution in [-0.2, 0) is 0 Å². The molecule has 2 N–H and O–H groups in total. The van der Waals surface area contributed by atoms with Gasteiger partial charge in [0.1, 0.15) is 0 Å². The molecule has 0 bridgehead atoms. The minimum atomic E-state index is 0.734. The average Bonchev–Trinajstić information content (AvgIpc) is 1.85. The van der Waals surface area contributed by atoms with E-state index in [4.69, 9.17) is 17.3 Å². The molecule has 0 fully saturated rings. The fourth-order valence-electron chi connectivity index (χ4n) is 0.917. The van der Waals surface area contributed by atoms with E-state index in [1.807, 2.05) is 6.20 Å². The van der Waals surface area contributed by atoms with Gasteiger partial charge in [-0.05, 0) is 13.0 Å². The summed E-state index contributed by atoms with van der Waals surface area (Å²) < 4.78 is 0. The molecule has 3 heteroatoms. The van der Waals surface area contributed by atoms with Gasteiger partial charge < -0.3 is 10.6 Å². The number of hydrogen-bond donors (Lipinski definition) is 1. The SMILES string of the molecule is CCN1C=C(N)C=C(Cl)C1. The predicted molar refractivity (Wildman–Crippen MR) is 43.5 cm³/mol. The van der Waals surface area contributed by atoms with E-state index in [1.54, 1.807) is 6.08 Å². The number of hydrogen-bond acceptors (Lipinski definition) is 2. The predicted octanol–water partition coefficient (Wildman–Crippen LogP) is 1.24. The zero-order valence-electron chi connectivity index (χ0n) is 5.97. The Balaban J connectivity index is 2.67. The summed E-state index contributed by atoms with van der Waals surface area (Å²) in [7, 11) is 0. The van der Waals surface area contributed by atoms with Gasteiger partial charge in [-0.1, -0.05) is 11.6 Å². The lowest BCUT2D eigenvalue weighted by molar-refractivity contribution is 0.428. The zero-order chi connectivity index (χ0) is 7.56. The highest BCUT2D eigenvalue weighted by molar-refractivity contribution is 6.30. The van der Waals surface area contributed by atoms with E-state index < -0.39 is 0 Å². The highest BCUT2D eigenvalue weighted by Crippen LogP contribution is 2.12. The van der Waals surface area contributed by atoms with Gasteiger partial charge in [0.05, 0.1) is 6.54 Å². The fourth-order valence-corrected chi connectivity index (χ4v) is 1.20. The molecule has 0 aromatic carbocycles. The smallest absolute Gasteiger partial charge is 0.0532 e. The lowest BCUT2D eigenvalue weighted by Gasteiger charge is -2.21. The molecule has 0 aliphatic carbocycles. The summed E-state index contributed by atoms with van der Waals surface area (Å²) >= 11 is 5.78. The molecule has 2 nitrogen and oxygen atoms in total. The summed E-state index contributed by atoms with van der Waals surface area (Å²) in [6.45, 7) is 3.81. The quantitative estimate of drug-likeness (QED) is 0.623. The highest BCUT2D eigenvalue weighted by atomic mass is 35.5. The number of likely N-dealkylation sites (N-methyl/N-ethyl adjacent to an activating group) is 1. The lowest BCUT2D eigenvalue weighted by atomic mass is 10.3. The molecule has 0 aromatic heterocycles. The Morgan fingerprint density at radius 1 is 1.80 bits per heavy atom.